The second-order valence-electron chi connectivity index (χ2n) is 4.86. The zero-order valence-corrected chi connectivity index (χ0v) is 9.83. The lowest BCUT2D eigenvalue weighted by atomic mass is 9.72. The predicted molar refractivity (Wildman–Crippen MR) is 55.2 cm³/mol. The summed E-state index contributed by atoms with van der Waals surface area (Å²) < 4.78 is 10.9. The number of aliphatic hydroxyl groups excluding tert-OH is 1. The van der Waals surface area contributed by atoms with Gasteiger partial charge >= 0.3 is 0 Å². The summed E-state index contributed by atoms with van der Waals surface area (Å²) in [4.78, 5) is 0. The van der Waals surface area contributed by atoms with Gasteiger partial charge in [-0.15, -0.1) is 0 Å². The van der Waals surface area contributed by atoms with Crippen molar-refractivity contribution in [2.75, 3.05) is 13.7 Å². The molecule has 3 atom stereocenters. The summed E-state index contributed by atoms with van der Waals surface area (Å²) in [6, 6.07) is 0. The first-order valence-electron chi connectivity index (χ1n) is 5.24. The van der Waals surface area contributed by atoms with E-state index in [1.807, 2.05) is 0 Å². The number of ether oxygens (including phenoxy) is 2. The Bertz CT molecular complexity index is 200. The summed E-state index contributed by atoms with van der Waals surface area (Å²) in [5.74, 6) is 0. The maximum Gasteiger partial charge on any atom is 0.108 e. The zero-order valence-electron chi connectivity index (χ0n) is 9.83. The van der Waals surface area contributed by atoms with Crippen molar-refractivity contribution in [3.63, 3.8) is 0 Å². The van der Waals surface area contributed by atoms with Crippen molar-refractivity contribution in [3.8, 4) is 0 Å². The largest absolute Gasteiger partial charge is 0.390 e. The molecule has 1 aliphatic rings. The molecule has 14 heavy (non-hydrogen) atoms. The van der Waals surface area contributed by atoms with Crippen molar-refractivity contribution in [1.82, 2.24) is 0 Å². The molecular formula is C11H22O3. The molecule has 84 valence electrons. The average molecular weight is 202 g/mol. The lowest BCUT2D eigenvalue weighted by Crippen LogP contribution is -2.43. The third kappa shape index (κ3) is 1.58. The number of hydrogen-bond acceptors (Lipinski definition) is 3. The van der Waals surface area contributed by atoms with Crippen molar-refractivity contribution >= 4 is 0 Å². The highest BCUT2D eigenvalue weighted by Gasteiger charge is 2.56. The number of aliphatic hydroxyl groups is 1. The van der Waals surface area contributed by atoms with Crippen LogP contribution in [0.3, 0.4) is 0 Å². The molecule has 1 rings (SSSR count). The van der Waals surface area contributed by atoms with Crippen LogP contribution in [0.5, 0.6) is 0 Å². The first-order chi connectivity index (χ1) is 6.39. The summed E-state index contributed by atoms with van der Waals surface area (Å²) in [5, 5.41) is 10.1. The lowest BCUT2D eigenvalue weighted by molar-refractivity contribution is -0.0853. The summed E-state index contributed by atoms with van der Waals surface area (Å²) in [7, 11) is 1.63. The van der Waals surface area contributed by atoms with Crippen LogP contribution in [0.15, 0.2) is 0 Å². The molecule has 1 N–H and O–H groups in total. The standard InChI is InChI=1S/C11H22O3/c1-6-11(4)10(2,3)9(12)8(14-11)7-13-5/h8-9,12H,6-7H2,1-5H3. The molecule has 0 aromatic heterocycles. The Morgan fingerprint density at radius 1 is 1.36 bits per heavy atom. The van der Waals surface area contributed by atoms with Crippen LogP contribution in [0.4, 0.5) is 0 Å². The maximum absolute atomic E-state index is 10.1. The van der Waals surface area contributed by atoms with Crippen LogP contribution in [-0.2, 0) is 9.47 Å². The third-order valence-corrected chi connectivity index (χ3v) is 3.87. The molecule has 1 aliphatic heterocycles. The molecule has 0 aliphatic carbocycles. The maximum atomic E-state index is 10.1. The lowest BCUT2D eigenvalue weighted by Gasteiger charge is -2.37. The Kier molecular flexibility index (Phi) is 3.24. The fourth-order valence-corrected chi connectivity index (χ4v) is 2.16. The molecule has 3 unspecified atom stereocenters. The fourth-order valence-electron chi connectivity index (χ4n) is 2.16. The highest BCUT2D eigenvalue weighted by molar-refractivity contribution is 5.04. The van der Waals surface area contributed by atoms with E-state index in [1.165, 1.54) is 0 Å². The highest BCUT2D eigenvalue weighted by atomic mass is 16.6. The van der Waals surface area contributed by atoms with E-state index in [9.17, 15) is 5.11 Å². The van der Waals surface area contributed by atoms with E-state index < -0.39 is 6.10 Å². The Morgan fingerprint density at radius 3 is 2.29 bits per heavy atom. The SMILES string of the molecule is CCC1(C)OC(COC)C(O)C1(C)C. The third-order valence-electron chi connectivity index (χ3n) is 3.87. The molecule has 3 nitrogen and oxygen atoms in total. The molecule has 1 fully saturated rings. The average Bonchev–Trinajstić information content (AvgIpc) is 2.29. The van der Waals surface area contributed by atoms with Crippen LogP contribution in [0, 0.1) is 5.41 Å². The Balaban J connectivity index is 2.85. The first-order valence-corrected chi connectivity index (χ1v) is 5.24. The Labute approximate surface area is 86.4 Å². The van der Waals surface area contributed by atoms with Crippen molar-refractivity contribution in [3.05, 3.63) is 0 Å². The molecule has 0 bridgehead atoms. The molecular weight excluding hydrogens is 180 g/mol. The quantitative estimate of drug-likeness (QED) is 0.755. The summed E-state index contributed by atoms with van der Waals surface area (Å²) in [6.07, 6.45) is 0.254. The van der Waals surface area contributed by atoms with Crippen LogP contribution in [-0.4, -0.2) is 36.6 Å². The van der Waals surface area contributed by atoms with Gasteiger partial charge in [-0.2, -0.15) is 0 Å². The molecule has 0 amide bonds. The van der Waals surface area contributed by atoms with E-state index in [1.54, 1.807) is 7.11 Å². The second kappa shape index (κ2) is 3.80. The summed E-state index contributed by atoms with van der Waals surface area (Å²) in [5.41, 5.74) is -0.472. The minimum atomic E-state index is -0.451. The van der Waals surface area contributed by atoms with Gasteiger partial charge < -0.3 is 14.6 Å². The van der Waals surface area contributed by atoms with Crippen LogP contribution < -0.4 is 0 Å². The summed E-state index contributed by atoms with van der Waals surface area (Å²) >= 11 is 0. The van der Waals surface area contributed by atoms with Crippen molar-refractivity contribution in [1.29, 1.82) is 0 Å². The Morgan fingerprint density at radius 2 is 1.93 bits per heavy atom. The Hall–Kier alpha value is -0.120. The van der Waals surface area contributed by atoms with Gasteiger partial charge in [-0.3, -0.25) is 0 Å². The molecule has 1 saturated heterocycles. The van der Waals surface area contributed by atoms with Crippen LogP contribution in [0.25, 0.3) is 0 Å². The van der Waals surface area contributed by atoms with Crippen molar-refractivity contribution in [2.24, 2.45) is 5.41 Å². The van der Waals surface area contributed by atoms with Crippen LogP contribution in [0.2, 0.25) is 0 Å². The topological polar surface area (TPSA) is 38.7 Å². The highest BCUT2D eigenvalue weighted by Crippen LogP contribution is 2.48. The number of rotatable bonds is 3. The molecule has 0 radical (unpaired) electrons. The minimum absolute atomic E-state index is 0.194. The fraction of sp³-hybridized carbons (Fsp3) is 1.00. The molecule has 1 heterocycles. The normalized spacial score (nSPS) is 41.6. The van der Waals surface area contributed by atoms with Gasteiger partial charge in [-0.25, -0.2) is 0 Å². The molecule has 3 heteroatoms. The minimum Gasteiger partial charge on any atom is -0.390 e. The van der Waals surface area contributed by atoms with Gasteiger partial charge in [0.05, 0.1) is 18.3 Å². The van der Waals surface area contributed by atoms with Gasteiger partial charge in [-0.05, 0) is 13.3 Å². The molecule has 0 aromatic carbocycles. The van der Waals surface area contributed by atoms with E-state index in [0.29, 0.717) is 6.61 Å². The second-order valence-corrected chi connectivity index (χ2v) is 4.86. The van der Waals surface area contributed by atoms with Crippen molar-refractivity contribution < 1.29 is 14.6 Å². The number of hydrogen-bond donors (Lipinski definition) is 1. The van der Waals surface area contributed by atoms with E-state index in [2.05, 4.69) is 27.7 Å². The smallest absolute Gasteiger partial charge is 0.108 e. The molecule has 0 aromatic rings. The zero-order chi connectivity index (χ0) is 11.0. The van der Waals surface area contributed by atoms with Gasteiger partial charge in [0.1, 0.15) is 6.10 Å². The monoisotopic (exact) mass is 202 g/mol. The molecule has 0 saturated carbocycles. The van der Waals surface area contributed by atoms with Crippen LogP contribution in [0.1, 0.15) is 34.1 Å². The number of methoxy groups -OCH3 is 1. The van der Waals surface area contributed by atoms with Gasteiger partial charge in [0.2, 0.25) is 0 Å². The molecule has 0 spiro atoms. The predicted octanol–water partition coefficient (Wildman–Crippen LogP) is 1.59. The van der Waals surface area contributed by atoms with E-state index in [-0.39, 0.29) is 17.1 Å². The first kappa shape index (κ1) is 12.0. The van der Waals surface area contributed by atoms with E-state index in [0.717, 1.165) is 6.42 Å². The van der Waals surface area contributed by atoms with Gasteiger partial charge in [0.15, 0.2) is 0 Å². The van der Waals surface area contributed by atoms with Gasteiger partial charge in [-0.1, -0.05) is 20.8 Å². The van der Waals surface area contributed by atoms with Gasteiger partial charge in [0, 0.05) is 12.5 Å². The van der Waals surface area contributed by atoms with Crippen molar-refractivity contribution in [2.45, 2.75) is 51.9 Å². The summed E-state index contributed by atoms with van der Waals surface area (Å²) in [6.45, 7) is 8.71. The van der Waals surface area contributed by atoms with Crippen LogP contribution >= 0.6 is 0 Å². The van der Waals surface area contributed by atoms with Gasteiger partial charge in [0.25, 0.3) is 0 Å². The van der Waals surface area contributed by atoms with E-state index >= 15 is 0 Å². The van der Waals surface area contributed by atoms with E-state index in [4.69, 9.17) is 9.47 Å².